The number of hydrogen-bond acceptors (Lipinski definition) is 9. The van der Waals surface area contributed by atoms with E-state index in [0.29, 0.717) is 28.8 Å². The van der Waals surface area contributed by atoms with E-state index < -0.39 is 5.97 Å². The van der Waals surface area contributed by atoms with Gasteiger partial charge >= 0.3 is 5.97 Å². The van der Waals surface area contributed by atoms with Gasteiger partial charge in [-0.25, -0.2) is 19.4 Å². The van der Waals surface area contributed by atoms with E-state index in [1.54, 1.807) is 36.1 Å². The first-order valence-electron chi connectivity index (χ1n) is 13.5. The number of hydrogen-bond donors (Lipinski definition) is 1. The minimum Gasteiger partial charge on any atom is -0.493 e. The number of rotatable bonds is 13. The number of aromatic nitrogens is 4. The summed E-state index contributed by atoms with van der Waals surface area (Å²) in [6.07, 6.45) is 9.02. The normalized spacial score (nSPS) is 11.4. The van der Waals surface area contributed by atoms with E-state index in [9.17, 15) is 4.79 Å². The van der Waals surface area contributed by atoms with E-state index in [1.165, 1.54) is 6.08 Å². The van der Waals surface area contributed by atoms with Crippen LogP contribution >= 0.6 is 11.3 Å². The van der Waals surface area contributed by atoms with Gasteiger partial charge in [-0.05, 0) is 55.3 Å². The molecule has 0 amide bonds. The van der Waals surface area contributed by atoms with Crippen LogP contribution in [-0.4, -0.2) is 37.9 Å². The first kappa shape index (κ1) is 29.3. The van der Waals surface area contributed by atoms with Crippen LogP contribution in [0.3, 0.4) is 0 Å². The SMILES string of the molecule is CCc1nc(C=Cc2cn(-c3ccccc3)nc2OCc2ccc(OCc3nc(C=CC(=O)O)oc3C)c(OC)c2)cs1. The molecule has 0 aliphatic heterocycles. The van der Waals surface area contributed by atoms with Crippen LogP contribution in [0.25, 0.3) is 23.9 Å². The molecule has 0 saturated carbocycles. The highest BCUT2D eigenvalue weighted by Gasteiger charge is 2.14. The van der Waals surface area contributed by atoms with Crippen LogP contribution in [0, 0.1) is 6.92 Å². The average molecular weight is 599 g/mol. The van der Waals surface area contributed by atoms with Gasteiger partial charge in [-0.1, -0.05) is 31.2 Å². The monoisotopic (exact) mass is 598 g/mol. The van der Waals surface area contributed by atoms with Crippen LogP contribution in [0.2, 0.25) is 0 Å². The lowest BCUT2D eigenvalue weighted by molar-refractivity contribution is -0.131. The molecule has 220 valence electrons. The Bertz CT molecular complexity index is 1750. The summed E-state index contributed by atoms with van der Waals surface area (Å²) >= 11 is 1.64. The Morgan fingerprint density at radius 3 is 2.63 bits per heavy atom. The molecule has 3 aromatic heterocycles. The number of benzene rings is 2. The molecule has 0 bridgehead atoms. The molecule has 3 heterocycles. The lowest BCUT2D eigenvalue weighted by Crippen LogP contribution is -2.02. The fraction of sp³-hybridized carbons (Fsp3) is 0.188. The third kappa shape index (κ3) is 7.57. The van der Waals surface area contributed by atoms with Crippen molar-refractivity contribution in [2.45, 2.75) is 33.5 Å². The maximum Gasteiger partial charge on any atom is 0.328 e. The van der Waals surface area contributed by atoms with Crippen LogP contribution in [0.15, 0.2) is 70.6 Å². The lowest BCUT2D eigenvalue weighted by atomic mass is 10.2. The lowest BCUT2D eigenvalue weighted by Gasteiger charge is -2.12. The number of ether oxygens (including phenoxy) is 3. The second kappa shape index (κ2) is 13.7. The number of carboxylic acid groups (broad SMARTS) is 1. The number of oxazole rings is 1. The molecule has 0 aliphatic carbocycles. The number of aliphatic carboxylic acids is 1. The quantitative estimate of drug-likeness (QED) is 0.149. The fourth-order valence-electron chi connectivity index (χ4n) is 4.07. The van der Waals surface area contributed by atoms with E-state index in [1.807, 2.05) is 66.2 Å². The highest BCUT2D eigenvalue weighted by atomic mass is 32.1. The average Bonchev–Trinajstić information content (AvgIpc) is 3.75. The van der Waals surface area contributed by atoms with Gasteiger partial charge in [0.15, 0.2) is 11.5 Å². The summed E-state index contributed by atoms with van der Waals surface area (Å²) in [5, 5.41) is 16.6. The summed E-state index contributed by atoms with van der Waals surface area (Å²) in [5.41, 5.74) is 4.05. The van der Waals surface area contributed by atoms with Crippen molar-refractivity contribution in [2.24, 2.45) is 0 Å². The number of thiazole rings is 1. The smallest absolute Gasteiger partial charge is 0.328 e. The summed E-state index contributed by atoms with van der Waals surface area (Å²) in [7, 11) is 1.57. The topological polar surface area (TPSA) is 122 Å². The number of nitrogens with zero attached hydrogens (tertiary/aromatic N) is 4. The van der Waals surface area contributed by atoms with Crippen LogP contribution in [0.1, 0.15) is 46.1 Å². The second-order valence-electron chi connectivity index (χ2n) is 9.31. The summed E-state index contributed by atoms with van der Waals surface area (Å²) < 4.78 is 25.0. The second-order valence-corrected chi connectivity index (χ2v) is 10.3. The zero-order valence-electron chi connectivity index (χ0n) is 23.9. The third-order valence-electron chi connectivity index (χ3n) is 6.28. The largest absolute Gasteiger partial charge is 0.493 e. The molecule has 0 saturated heterocycles. The Morgan fingerprint density at radius 2 is 1.88 bits per heavy atom. The molecule has 0 aliphatic rings. The van der Waals surface area contributed by atoms with E-state index in [2.05, 4.69) is 16.9 Å². The molecule has 0 spiro atoms. The molecule has 0 radical (unpaired) electrons. The Kier molecular flexibility index (Phi) is 9.33. The maximum atomic E-state index is 10.8. The number of aryl methyl sites for hydroxylation is 2. The first-order valence-corrected chi connectivity index (χ1v) is 14.4. The van der Waals surface area contributed by atoms with E-state index in [0.717, 1.165) is 40.0 Å². The van der Waals surface area contributed by atoms with Crippen molar-refractivity contribution in [1.82, 2.24) is 19.7 Å². The van der Waals surface area contributed by atoms with Crippen LogP contribution in [-0.2, 0) is 24.4 Å². The highest BCUT2D eigenvalue weighted by Crippen LogP contribution is 2.30. The van der Waals surface area contributed by atoms with E-state index in [4.69, 9.17) is 28.8 Å². The van der Waals surface area contributed by atoms with Gasteiger partial charge in [0.1, 0.15) is 24.7 Å². The van der Waals surface area contributed by atoms with Crippen molar-refractivity contribution in [2.75, 3.05) is 7.11 Å². The standard InChI is InChI=1S/C32H30N4O6S/c1-4-30-33-24(20-43-30)12-11-23-17-36(25-8-6-5-7-9-25)35-32(23)41-18-22-10-13-27(28(16-22)39-3)40-19-26-21(2)42-29(34-26)14-15-31(37)38/h5-17,20H,4,18-19H2,1-3H3,(H,37,38). The molecule has 0 atom stereocenters. The van der Waals surface area contributed by atoms with E-state index >= 15 is 0 Å². The number of methoxy groups -OCH3 is 1. The van der Waals surface area contributed by atoms with Gasteiger partial charge in [-0.2, -0.15) is 0 Å². The van der Waals surface area contributed by atoms with Crippen molar-refractivity contribution < 1.29 is 28.5 Å². The Balaban J connectivity index is 1.30. The predicted octanol–water partition coefficient (Wildman–Crippen LogP) is 6.62. The van der Waals surface area contributed by atoms with Gasteiger partial charge < -0.3 is 23.7 Å². The molecule has 43 heavy (non-hydrogen) atoms. The van der Waals surface area contributed by atoms with Crippen molar-refractivity contribution >= 4 is 35.5 Å². The zero-order valence-corrected chi connectivity index (χ0v) is 24.7. The minimum atomic E-state index is -1.08. The van der Waals surface area contributed by atoms with Crippen LogP contribution in [0.4, 0.5) is 0 Å². The molecular weight excluding hydrogens is 568 g/mol. The summed E-state index contributed by atoms with van der Waals surface area (Å²) in [5.74, 6) is 1.18. The van der Waals surface area contributed by atoms with Crippen LogP contribution in [0.5, 0.6) is 17.4 Å². The van der Waals surface area contributed by atoms with Gasteiger partial charge in [-0.3, -0.25) is 0 Å². The van der Waals surface area contributed by atoms with E-state index in [-0.39, 0.29) is 19.1 Å². The number of carbonyl (C=O) groups is 1. The molecular formula is C32H30N4O6S. The fourth-order valence-corrected chi connectivity index (χ4v) is 4.78. The Hall–Kier alpha value is -5.16. The van der Waals surface area contributed by atoms with Gasteiger partial charge in [0.05, 0.1) is 29.1 Å². The van der Waals surface area contributed by atoms with Crippen molar-refractivity contribution in [1.29, 1.82) is 0 Å². The molecule has 11 heteroatoms. The number of para-hydroxylation sites is 1. The predicted molar refractivity (Wildman–Crippen MR) is 164 cm³/mol. The molecule has 0 fully saturated rings. The molecule has 2 aromatic carbocycles. The summed E-state index contributed by atoms with van der Waals surface area (Å²) in [6, 6.07) is 15.4. The Labute approximate surface area is 252 Å². The molecule has 1 N–H and O–H groups in total. The minimum absolute atomic E-state index is 0.119. The van der Waals surface area contributed by atoms with Crippen molar-refractivity contribution in [3.05, 3.63) is 105 Å². The number of carboxylic acids is 1. The summed E-state index contributed by atoms with van der Waals surface area (Å²) in [4.78, 5) is 19.7. The first-order chi connectivity index (χ1) is 20.9. The highest BCUT2D eigenvalue weighted by molar-refractivity contribution is 7.09. The summed E-state index contributed by atoms with van der Waals surface area (Å²) in [6.45, 7) is 4.20. The Morgan fingerprint density at radius 1 is 1.05 bits per heavy atom. The maximum absolute atomic E-state index is 10.8. The molecule has 0 unspecified atom stereocenters. The third-order valence-corrected chi connectivity index (χ3v) is 7.29. The van der Waals surface area contributed by atoms with Gasteiger partial charge in [-0.15, -0.1) is 16.4 Å². The zero-order chi connectivity index (χ0) is 30.2. The molecule has 10 nitrogen and oxygen atoms in total. The van der Waals surface area contributed by atoms with Crippen molar-refractivity contribution in [3.63, 3.8) is 0 Å². The van der Waals surface area contributed by atoms with Gasteiger partial charge in [0.25, 0.3) is 0 Å². The molecule has 5 rings (SSSR count). The van der Waals surface area contributed by atoms with Crippen molar-refractivity contribution in [3.8, 4) is 23.1 Å². The van der Waals surface area contributed by atoms with Gasteiger partial charge in [0.2, 0.25) is 11.8 Å². The van der Waals surface area contributed by atoms with Gasteiger partial charge in [0, 0.05) is 23.7 Å². The van der Waals surface area contributed by atoms with Crippen LogP contribution < -0.4 is 14.2 Å². The molecule has 5 aromatic rings.